The van der Waals surface area contributed by atoms with E-state index in [1.807, 2.05) is 13.8 Å². The van der Waals surface area contributed by atoms with Crippen LogP contribution in [-0.4, -0.2) is 13.0 Å². The molecule has 0 heterocycles. The van der Waals surface area contributed by atoms with Crippen LogP contribution >= 0.6 is 0 Å². The van der Waals surface area contributed by atoms with E-state index in [4.69, 9.17) is 0 Å². The topological polar surface area (TPSA) is 9.23 Å². The summed E-state index contributed by atoms with van der Waals surface area (Å²) in [5.41, 5.74) is 0.820. The molecule has 1 nitrogen and oxygen atoms in total. The number of rotatable bonds is 4. The van der Waals surface area contributed by atoms with Crippen LogP contribution in [0, 0.1) is 0 Å². The first kappa shape index (κ1) is 16.4. The fourth-order valence-corrected chi connectivity index (χ4v) is 0.618. The molecule has 4 heteroatoms. The van der Waals surface area contributed by atoms with Gasteiger partial charge in [0.2, 0.25) is 0 Å². The second-order valence-corrected chi connectivity index (χ2v) is 2.31. The van der Waals surface area contributed by atoms with Crippen molar-refractivity contribution in [3.63, 3.8) is 0 Å². The molecule has 0 bridgehead atoms. The van der Waals surface area contributed by atoms with Crippen molar-refractivity contribution in [2.24, 2.45) is 0 Å². The molecule has 0 N–H and O–H groups in total. The SMILES string of the molecule is C=C/C=C(C)\C=C/COC(F)(F)F.CC. The number of hydrogen-bond donors (Lipinski definition) is 0. The maximum absolute atomic E-state index is 11.4. The largest absolute Gasteiger partial charge is 0.522 e. The lowest BCUT2D eigenvalue weighted by Crippen LogP contribution is -2.12. The summed E-state index contributed by atoms with van der Waals surface area (Å²) in [5.74, 6) is 0. The lowest BCUT2D eigenvalue weighted by molar-refractivity contribution is -0.319. The van der Waals surface area contributed by atoms with Crippen LogP contribution < -0.4 is 0 Å². The molecule has 0 aliphatic carbocycles. The predicted octanol–water partition coefficient (Wildman–Crippen LogP) is 4.24. The summed E-state index contributed by atoms with van der Waals surface area (Å²) < 4.78 is 37.8. The third-order valence-corrected chi connectivity index (χ3v) is 1.10. The summed E-state index contributed by atoms with van der Waals surface area (Å²) in [5, 5.41) is 0. The van der Waals surface area contributed by atoms with Crippen LogP contribution in [-0.2, 0) is 4.74 Å². The van der Waals surface area contributed by atoms with Gasteiger partial charge < -0.3 is 0 Å². The van der Waals surface area contributed by atoms with Gasteiger partial charge in [-0.05, 0) is 6.92 Å². The minimum atomic E-state index is -4.56. The van der Waals surface area contributed by atoms with Crippen LogP contribution in [0.15, 0.2) is 36.5 Å². The van der Waals surface area contributed by atoms with E-state index in [2.05, 4.69) is 11.3 Å². The molecule has 0 fully saturated rings. The third kappa shape index (κ3) is 15.7. The molecular formula is C11H17F3O. The fourth-order valence-electron chi connectivity index (χ4n) is 0.618. The van der Waals surface area contributed by atoms with Crippen molar-refractivity contribution in [2.75, 3.05) is 6.61 Å². The molecule has 0 aliphatic rings. The van der Waals surface area contributed by atoms with Crippen LogP contribution in [0.1, 0.15) is 20.8 Å². The van der Waals surface area contributed by atoms with E-state index in [-0.39, 0.29) is 0 Å². The Bertz CT molecular complexity index is 214. The molecule has 0 aromatic rings. The Hall–Kier alpha value is -1.03. The molecule has 0 amide bonds. The fraction of sp³-hybridized carbons (Fsp3) is 0.455. The van der Waals surface area contributed by atoms with Gasteiger partial charge in [0.25, 0.3) is 0 Å². The Morgan fingerprint density at radius 2 is 1.87 bits per heavy atom. The molecular weight excluding hydrogens is 205 g/mol. The first-order chi connectivity index (χ1) is 6.95. The van der Waals surface area contributed by atoms with Gasteiger partial charge in [0.05, 0.1) is 6.61 Å². The maximum Gasteiger partial charge on any atom is 0.522 e. The van der Waals surface area contributed by atoms with Crippen LogP contribution in [0.25, 0.3) is 0 Å². The lowest BCUT2D eigenvalue weighted by Gasteiger charge is -2.03. The number of hydrogen-bond acceptors (Lipinski definition) is 1. The van der Waals surface area contributed by atoms with Gasteiger partial charge in [0.1, 0.15) is 0 Å². The van der Waals surface area contributed by atoms with Crippen LogP contribution in [0.4, 0.5) is 13.2 Å². The maximum atomic E-state index is 11.4. The Kier molecular flexibility index (Phi) is 10.4. The van der Waals surface area contributed by atoms with Gasteiger partial charge in [-0.3, -0.25) is 4.74 Å². The van der Waals surface area contributed by atoms with Gasteiger partial charge in [-0.1, -0.05) is 50.3 Å². The first-order valence-corrected chi connectivity index (χ1v) is 4.62. The van der Waals surface area contributed by atoms with E-state index in [0.29, 0.717) is 0 Å². The molecule has 0 aliphatic heterocycles. The molecule has 0 unspecified atom stereocenters. The van der Waals surface area contributed by atoms with Gasteiger partial charge >= 0.3 is 6.36 Å². The van der Waals surface area contributed by atoms with E-state index < -0.39 is 13.0 Å². The molecule has 0 atom stereocenters. The van der Waals surface area contributed by atoms with Gasteiger partial charge in [0.15, 0.2) is 0 Å². The van der Waals surface area contributed by atoms with Crippen LogP contribution in [0.5, 0.6) is 0 Å². The Balaban J connectivity index is 0. The molecule has 88 valence electrons. The summed E-state index contributed by atoms with van der Waals surface area (Å²) in [6.45, 7) is 8.74. The molecule has 0 rings (SSSR count). The molecule has 0 aromatic carbocycles. The Labute approximate surface area is 88.9 Å². The second-order valence-electron chi connectivity index (χ2n) is 2.31. The van der Waals surface area contributed by atoms with E-state index in [9.17, 15) is 13.2 Å². The molecule has 0 spiro atoms. The summed E-state index contributed by atoms with van der Waals surface area (Å²) in [6.07, 6.45) is 1.52. The van der Waals surface area contributed by atoms with Crippen LogP contribution in [0.3, 0.4) is 0 Å². The minimum absolute atomic E-state index is 0.466. The van der Waals surface area contributed by atoms with E-state index in [1.165, 1.54) is 12.2 Å². The number of alkyl halides is 3. The summed E-state index contributed by atoms with van der Waals surface area (Å²) in [7, 11) is 0. The Morgan fingerprint density at radius 3 is 2.27 bits per heavy atom. The standard InChI is InChI=1S/C9H11F3O.C2H6/c1-3-5-8(2)6-4-7-13-9(10,11)12;1-2/h3-6H,1,7H2,2H3;1-2H3/b6-4-,8-5-;. The normalized spacial score (nSPS) is 12.3. The molecule has 15 heavy (non-hydrogen) atoms. The minimum Gasteiger partial charge on any atom is -0.288 e. The van der Waals surface area contributed by atoms with Crippen molar-refractivity contribution in [3.8, 4) is 0 Å². The van der Waals surface area contributed by atoms with Gasteiger partial charge in [-0.2, -0.15) is 0 Å². The van der Waals surface area contributed by atoms with E-state index >= 15 is 0 Å². The first-order valence-electron chi connectivity index (χ1n) is 4.62. The van der Waals surface area contributed by atoms with Crippen LogP contribution in [0.2, 0.25) is 0 Å². The zero-order valence-electron chi connectivity index (χ0n) is 9.27. The smallest absolute Gasteiger partial charge is 0.288 e. The molecule has 0 aromatic heterocycles. The zero-order chi connectivity index (χ0) is 12.3. The molecule has 0 saturated carbocycles. The third-order valence-electron chi connectivity index (χ3n) is 1.10. The molecule has 0 radical (unpaired) electrons. The quantitative estimate of drug-likeness (QED) is 0.646. The zero-order valence-corrected chi connectivity index (χ0v) is 9.27. The highest BCUT2D eigenvalue weighted by molar-refractivity contribution is 5.20. The van der Waals surface area contributed by atoms with Crippen molar-refractivity contribution in [3.05, 3.63) is 36.5 Å². The monoisotopic (exact) mass is 222 g/mol. The van der Waals surface area contributed by atoms with E-state index in [1.54, 1.807) is 19.1 Å². The van der Waals surface area contributed by atoms with Crippen molar-refractivity contribution < 1.29 is 17.9 Å². The number of allylic oxidation sites excluding steroid dienone is 4. The van der Waals surface area contributed by atoms with E-state index in [0.717, 1.165) is 5.57 Å². The second kappa shape index (κ2) is 9.52. The van der Waals surface area contributed by atoms with Gasteiger partial charge in [0, 0.05) is 0 Å². The van der Waals surface area contributed by atoms with Gasteiger partial charge in [-0.25, -0.2) is 0 Å². The lowest BCUT2D eigenvalue weighted by atomic mass is 10.2. The number of halogens is 3. The average molecular weight is 222 g/mol. The highest BCUT2D eigenvalue weighted by Gasteiger charge is 2.27. The van der Waals surface area contributed by atoms with Gasteiger partial charge in [-0.15, -0.1) is 13.2 Å². The Morgan fingerprint density at radius 1 is 1.33 bits per heavy atom. The van der Waals surface area contributed by atoms with Crippen molar-refractivity contribution in [2.45, 2.75) is 27.1 Å². The van der Waals surface area contributed by atoms with Crippen molar-refractivity contribution >= 4 is 0 Å². The number of ether oxygens (including phenoxy) is 1. The van der Waals surface area contributed by atoms with Crippen molar-refractivity contribution in [1.29, 1.82) is 0 Å². The molecule has 0 saturated heterocycles. The summed E-state index contributed by atoms with van der Waals surface area (Å²) in [6, 6.07) is 0. The van der Waals surface area contributed by atoms with Crippen molar-refractivity contribution in [1.82, 2.24) is 0 Å². The highest BCUT2D eigenvalue weighted by atomic mass is 19.4. The predicted molar refractivity (Wildman–Crippen MR) is 56.4 cm³/mol. The summed E-state index contributed by atoms with van der Waals surface area (Å²) in [4.78, 5) is 0. The average Bonchev–Trinajstić information content (AvgIpc) is 2.15. The highest BCUT2D eigenvalue weighted by Crippen LogP contribution is 2.15. The summed E-state index contributed by atoms with van der Waals surface area (Å²) >= 11 is 0.